The van der Waals surface area contributed by atoms with Crippen molar-refractivity contribution >= 4 is 26.6 Å². The molecule has 1 aromatic carbocycles. The number of H-pyrrole nitrogens is 1. The van der Waals surface area contributed by atoms with Crippen LogP contribution in [-0.2, 0) is 10.0 Å². The van der Waals surface area contributed by atoms with Crippen molar-refractivity contribution in [1.29, 1.82) is 0 Å². The number of aromatic amines is 1. The quantitative estimate of drug-likeness (QED) is 0.867. The molecule has 1 aliphatic heterocycles. The highest BCUT2D eigenvalue weighted by molar-refractivity contribution is 7.93. The summed E-state index contributed by atoms with van der Waals surface area (Å²) in [7, 11) is -1.22. The minimum atomic E-state index is -3.35. The molecular weight excluding hydrogens is 324 g/mol. The van der Waals surface area contributed by atoms with Gasteiger partial charge in [-0.3, -0.25) is 14.7 Å². The van der Waals surface area contributed by atoms with Crippen molar-refractivity contribution in [1.82, 2.24) is 15.1 Å². The number of benzene rings is 1. The number of aromatic nitrogens is 2. The summed E-state index contributed by atoms with van der Waals surface area (Å²) in [5.74, 6) is 0. The van der Waals surface area contributed by atoms with Gasteiger partial charge in [-0.2, -0.15) is 5.10 Å². The fraction of sp³-hybridized carbons (Fsp3) is 0.588. The molecule has 1 aliphatic rings. The van der Waals surface area contributed by atoms with Gasteiger partial charge in [0.2, 0.25) is 10.0 Å². The average molecular weight is 350 g/mol. The van der Waals surface area contributed by atoms with Gasteiger partial charge in [-0.05, 0) is 58.0 Å². The number of fused-ring (bicyclic) bond motifs is 1. The molecule has 2 heterocycles. The topological polar surface area (TPSA) is 78.1 Å². The highest BCUT2D eigenvalue weighted by Crippen LogP contribution is 2.33. The van der Waals surface area contributed by atoms with Crippen molar-refractivity contribution in [3.8, 4) is 0 Å². The second-order valence-corrected chi connectivity index (χ2v) is 8.83. The summed E-state index contributed by atoms with van der Waals surface area (Å²) in [5, 5.41) is 8.14. The van der Waals surface area contributed by atoms with Crippen molar-refractivity contribution in [2.75, 3.05) is 18.3 Å². The molecule has 0 amide bonds. The number of hydrogen-bond donors (Lipinski definition) is 2. The number of rotatable bonds is 5. The van der Waals surface area contributed by atoms with E-state index in [1.54, 1.807) is 13.0 Å². The first-order chi connectivity index (χ1) is 11.4. The summed E-state index contributed by atoms with van der Waals surface area (Å²) in [6, 6.07) is 5.85. The molecule has 132 valence electrons. The van der Waals surface area contributed by atoms with Crippen LogP contribution in [0.1, 0.15) is 51.3 Å². The van der Waals surface area contributed by atoms with E-state index in [4.69, 9.17) is 0 Å². The van der Waals surface area contributed by atoms with Gasteiger partial charge in [0, 0.05) is 11.1 Å². The summed E-state index contributed by atoms with van der Waals surface area (Å²) in [4.78, 5) is 2.34. The second kappa shape index (κ2) is 6.72. The summed E-state index contributed by atoms with van der Waals surface area (Å²) < 4.78 is 27.3. The Balaban J connectivity index is 1.94. The molecule has 0 aliphatic carbocycles. The largest absolute Gasteiger partial charge is 0.298 e. The summed E-state index contributed by atoms with van der Waals surface area (Å²) in [6.45, 7) is 4.67. The van der Waals surface area contributed by atoms with Crippen molar-refractivity contribution in [2.24, 2.45) is 0 Å². The molecule has 7 heteroatoms. The van der Waals surface area contributed by atoms with Crippen molar-refractivity contribution < 1.29 is 8.42 Å². The van der Waals surface area contributed by atoms with Crippen LogP contribution >= 0.6 is 0 Å². The van der Waals surface area contributed by atoms with E-state index < -0.39 is 15.3 Å². The molecule has 6 nitrogen and oxygen atoms in total. The molecule has 1 saturated heterocycles. The van der Waals surface area contributed by atoms with E-state index >= 15 is 0 Å². The Kier molecular flexibility index (Phi) is 4.83. The minimum absolute atomic E-state index is 0.310. The number of nitrogens with zero attached hydrogens (tertiary/aromatic N) is 2. The lowest BCUT2D eigenvalue weighted by molar-refractivity contribution is 0.184. The molecule has 0 spiro atoms. The number of piperidine rings is 1. The van der Waals surface area contributed by atoms with Crippen molar-refractivity contribution in [2.45, 2.75) is 50.8 Å². The number of likely N-dealkylation sites (tertiary alicyclic amines) is 1. The number of hydrogen-bond acceptors (Lipinski definition) is 4. The fourth-order valence-corrected chi connectivity index (χ4v) is 4.37. The van der Waals surface area contributed by atoms with E-state index in [2.05, 4.69) is 26.9 Å². The maximum Gasteiger partial charge on any atom is 0.235 e. The summed E-state index contributed by atoms with van der Waals surface area (Å²) in [5.41, 5.74) is 2.55. The van der Waals surface area contributed by atoms with Crippen LogP contribution in [-0.4, -0.2) is 42.4 Å². The Hall–Kier alpha value is -1.60. The molecule has 24 heavy (non-hydrogen) atoms. The first-order valence-electron chi connectivity index (χ1n) is 8.62. The third-order valence-electron chi connectivity index (χ3n) is 5.05. The molecule has 1 fully saturated rings. The van der Waals surface area contributed by atoms with Crippen LogP contribution in [0.15, 0.2) is 18.2 Å². The van der Waals surface area contributed by atoms with Crippen LogP contribution in [0, 0.1) is 0 Å². The summed E-state index contributed by atoms with van der Waals surface area (Å²) in [6.07, 6.45) is 4.10. The third-order valence-corrected chi connectivity index (χ3v) is 6.96. The molecular formula is C17H26N4O2S. The van der Waals surface area contributed by atoms with E-state index in [0.717, 1.165) is 29.6 Å². The number of sulfonamides is 1. The Morgan fingerprint density at radius 2 is 2.21 bits per heavy atom. The SMILES string of the molecule is CCC(C)S(=O)(=O)Nc1ccc2n[nH]c(C3CCCCN3C)c2c1. The van der Waals surface area contributed by atoms with Gasteiger partial charge >= 0.3 is 0 Å². The standard InChI is InChI=1S/C17H26N4O2S/c1-4-12(2)24(22,23)20-13-8-9-15-14(11-13)17(19-18-15)16-7-5-6-10-21(16)3/h8-9,11-12,16,20H,4-7,10H2,1-3H3,(H,18,19). The van der Waals surface area contributed by atoms with Gasteiger partial charge in [0.25, 0.3) is 0 Å². The van der Waals surface area contributed by atoms with Gasteiger partial charge in [-0.25, -0.2) is 8.42 Å². The Labute approximate surface area is 143 Å². The molecule has 2 unspecified atom stereocenters. The molecule has 3 rings (SSSR count). The van der Waals surface area contributed by atoms with Gasteiger partial charge in [0.15, 0.2) is 0 Å². The molecule has 2 atom stereocenters. The van der Waals surface area contributed by atoms with Crippen LogP contribution in [0.5, 0.6) is 0 Å². The maximum absolute atomic E-state index is 12.3. The van der Waals surface area contributed by atoms with Crippen molar-refractivity contribution in [3.05, 3.63) is 23.9 Å². The zero-order valence-electron chi connectivity index (χ0n) is 14.5. The Morgan fingerprint density at radius 1 is 1.42 bits per heavy atom. The molecule has 0 bridgehead atoms. The number of nitrogens with one attached hydrogen (secondary N) is 2. The smallest absolute Gasteiger partial charge is 0.235 e. The van der Waals surface area contributed by atoms with Crippen LogP contribution in [0.25, 0.3) is 10.9 Å². The van der Waals surface area contributed by atoms with Crippen LogP contribution in [0.3, 0.4) is 0 Å². The maximum atomic E-state index is 12.3. The van der Waals surface area contributed by atoms with Gasteiger partial charge < -0.3 is 0 Å². The molecule has 1 aromatic heterocycles. The van der Waals surface area contributed by atoms with Crippen LogP contribution < -0.4 is 4.72 Å². The Morgan fingerprint density at radius 3 is 2.92 bits per heavy atom. The van der Waals surface area contributed by atoms with Gasteiger partial charge in [-0.1, -0.05) is 13.3 Å². The van der Waals surface area contributed by atoms with E-state index in [1.807, 2.05) is 19.1 Å². The normalized spacial score (nSPS) is 21.0. The van der Waals surface area contributed by atoms with Gasteiger partial charge in [-0.15, -0.1) is 0 Å². The summed E-state index contributed by atoms with van der Waals surface area (Å²) >= 11 is 0. The predicted octanol–water partition coefficient (Wildman–Crippen LogP) is 3.26. The minimum Gasteiger partial charge on any atom is -0.298 e. The van der Waals surface area contributed by atoms with E-state index in [1.165, 1.54) is 12.8 Å². The van der Waals surface area contributed by atoms with Gasteiger partial charge in [0.1, 0.15) is 0 Å². The fourth-order valence-electron chi connectivity index (χ4n) is 3.27. The predicted molar refractivity (Wildman–Crippen MR) is 97.6 cm³/mol. The zero-order chi connectivity index (χ0) is 17.3. The Bertz CT molecular complexity index is 815. The van der Waals surface area contributed by atoms with Crippen molar-refractivity contribution in [3.63, 3.8) is 0 Å². The average Bonchev–Trinajstić information content (AvgIpc) is 2.97. The van der Waals surface area contributed by atoms with Crippen LogP contribution in [0.4, 0.5) is 5.69 Å². The molecule has 2 N–H and O–H groups in total. The number of anilines is 1. The second-order valence-electron chi connectivity index (χ2n) is 6.73. The van der Waals surface area contributed by atoms with E-state index in [-0.39, 0.29) is 0 Å². The first kappa shape index (κ1) is 17.2. The lowest BCUT2D eigenvalue weighted by Crippen LogP contribution is -2.29. The molecule has 2 aromatic rings. The lowest BCUT2D eigenvalue weighted by Gasteiger charge is -2.31. The third kappa shape index (κ3) is 3.28. The van der Waals surface area contributed by atoms with Gasteiger partial charge in [0.05, 0.1) is 22.5 Å². The molecule has 0 radical (unpaired) electrons. The van der Waals surface area contributed by atoms with E-state index in [0.29, 0.717) is 18.2 Å². The zero-order valence-corrected chi connectivity index (χ0v) is 15.4. The van der Waals surface area contributed by atoms with E-state index in [9.17, 15) is 8.42 Å². The first-order valence-corrected chi connectivity index (χ1v) is 10.2. The molecule has 0 saturated carbocycles. The lowest BCUT2D eigenvalue weighted by atomic mass is 9.98. The van der Waals surface area contributed by atoms with Crippen LogP contribution in [0.2, 0.25) is 0 Å². The monoisotopic (exact) mass is 350 g/mol. The highest BCUT2D eigenvalue weighted by Gasteiger charge is 2.25. The highest BCUT2D eigenvalue weighted by atomic mass is 32.2.